The number of hydrogen-bond acceptors (Lipinski definition) is 3. The standard InChI is InChI=1S/C15H25N3O2/c1-4-18-9-11(14(17-18)10(2)3)15(20)16-12-7-5-6-8-13(12)19/h9-10,12-13,19H,4-8H2,1-3H3,(H,16,20). The monoisotopic (exact) mass is 279 g/mol. The van der Waals surface area contributed by atoms with Crippen LogP contribution in [-0.4, -0.2) is 32.9 Å². The lowest BCUT2D eigenvalue weighted by molar-refractivity contribution is 0.0716. The Morgan fingerprint density at radius 1 is 1.50 bits per heavy atom. The summed E-state index contributed by atoms with van der Waals surface area (Å²) >= 11 is 0. The Bertz CT molecular complexity index is 468. The first-order valence-corrected chi connectivity index (χ1v) is 7.59. The molecule has 2 atom stereocenters. The maximum atomic E-state index is 12.4. The minimum atomic E-state index is -0.420. The van der Waals surface area contributed by atoms with Crippen molar-refractivity contribution in [2.75, 3.05) is 0 Å². The molecule has 1 aromatic rings. The van der Waals surface area contributed by atoms with Crippen LogP contribution in [-0.2, 0) is 6.54 Å². The van der Waals surface area contributed by atoms with E-state index in [0.29, 0.717) is 5.56 Å². The molecule has 5 heteroatoms. The van der Waals surface area contributed by atoms with Crippen LogP contribution in [0.4, 0.5) is 0 Å². The van der Waals surface area contributed by atoms with Crippen molar-refractivity contribution >= 4 is 5.91 Å². The molecular formula is C15H25N3O2. The molecule has 1 amide bonds. The van der Waals surface area contributed by atoms with Crippen molar-refractivity contribution in [3.63, 3.8) is 0 Å². The van der Waals surface area contributed by atoms with E-state index < -0.39 is 6.10 Å². The van der Waals surface area contributed by atoms with Crippen LogP contribution in [0.1, 0.15) is 68.4 Å². The molecule has 2 rings (SSSR count). The van der Waals surface area contributed by atoms with Crippen LogP contribution in [0.2, 0.25) is 0 Å². The Balaban J connectivity index is 2.13. The number of aliphatic hydroxyl groups is 1. The Morgan fingerprint density at radius 3 is 2.80 bits per heavy atom. The van der Waals surface area contributed by atoms with E-state index in [1.54, 1.807) is 10.9 Å². The van der Waals surface area contributed by atoms with Gasteiger partial charge in [0.15, 0.2) is 0 Å². The van der Waals surface area contributed by atoms with Gasteiger partial charge in [-0.15, -0.1) is 0 Å². The number of nitrogens with one attached hydrogen (secondary N) is 1. The fourth-order valence-corrected chi connectivity index (χ4v) is 2.73. The van der Waals surface area contributed by atoms with E-state index in [0.717, 1.165) is 37.9 Å². The normalized spacial score (nSPS) is 23.1. The molecule has 0 spiro atoms. The highest BCUT2D eigenvalue weighted by atomic mass is 16.3. The number of carbonyl (C=O) groups is 1. The van der Waals surface area contributed by atoms with Gasteiger partial charge in [-0.1, -0.05) is 26.7 Å². The molecule has 2 unspecified atom stereocenters. The third-order valence-electron chi connectivity index (χ3n) is 3.95. The maximum absolute atomic E-state index is 12.4. The van der Waals surface area contributed by atoms with E-state index in [-0.39, 0.29) is 17.9 Å². The van der Waals surface area contributed by atoms with Crippen LogP contribution in [0.3, 0.4) is 0 Å². The van der Waals surface area contributed by atoms with Gasteiger partial charge < -0.3 is 10.4 Å². The van der Waals surface area contributed by atoms with Gasteiger partial charge in [0, 0.05) is 12.7 Å². The van der Waals surface area contributed by atoms with Crippen LogP contribution in [0.25, 0.3) is 0 Å². The highest BCUT2D eigenvalue weighted by Gasteiger charge is 2.27. The molecule has 0 saturated heterocycles. The summed E-state index contributed by atoms with van der Waals surface area (Å²) in [5.41, 5.74) is 1.47. The van der Waals surface area contributed by atoms with Crippen molar-refractivity contribution in [2.24, 2.45) is 0 Å². The van der Waals surface area contributed by atoms with Crippen LogP contribution < -0.4 is 5.32 Å². The van der Waals surface area contributed by atoms with Gasteiger partial charge in [-0.3, -0.25) is 9.48 Å². The van der Waals surface area contributed by atoms with Gasteiger partial charge >= 0.3 is 0 Å². The van der Waals surface area contributed by atoms with Crippen LogP contribution in [0, 0.1) is 0 Å². The first-order valence-electron chi connectivity index (χ1n) is 7.59. The predicted octanol–water partition coefficient (Wildman–Crippen LogP) is 2.06. The Kier molecular flexibility index (Phi) is 4.81. The van der Waals surface area contributed by atoms with Crippen molar-refractivity contribution < 1.29 is 9.90 Å². The molecule has 20 heavy (non-hydrogen) atoms. The number of aryl methyl sites for hydroxylation is 1. The Morgan fingerprint density at radius 2 is 2.20 bits per heavy atom. The summed E-state index contributed by atoms with van der Waals surface area (Å²) in [5, 5.41) is 17.4. The van der Waals surface area contributed by atoms with E-state index in [1.807, 2.05) is 20.8 Å². The predicted molar refractivity (Wildman–Crippen MR) is 77.7 cm³/mol. The second-order valence-electron chi connectivity index (χ2n) is 5.87. The zero-order chi connectivity index (χ0) is 14.7. The van der Waals surface area contributed by atoms with Gasteiger partial charge in [-0.25, -0.2) is 0 Å². The molecule has 0 radical (unpaired) electrons. The number of nitrogens with zero attached hydrogens (tertiary/aromatic N) is 2. The van der Waals surface area contributed by atoms with Crippen molar-refractivity contribution in [1.29, 1.82) is 0 Å². The Labute approximate surface area is 120 Å². The molecule has 0 bridgehead atoms. The second-order valence-corrected chi connectivity index (χ2v) is 5.87. The summed E-state index contributed by atoms with van der Waals surface area (Å²) in [6.45, 7) is 6.83. The number of hydrogen-bond donors (Lipinski definition) is 2. The maximum Gasteiger partial charge on any atom is 0.255 e. The molecule has 1 aromatic heterocycles. The number of aliphatic hydroxyl groups excluding tert-OH is 1. The molecule has 1 saturated carbocycles. The largest absolute Gasteiger partial charge is 0.391 e. The number of carbonyl (C=O) groups excluding carboxylic acids is 1. The minimum absolute atomic E-state index is 0.112. The molecule has 1 aliphatic carbocycles. The average Bonchev–Trinajstić information content (AvgIpc) is 2.86. The van der Waals surface area contributed by atoms with Crippen molar-refractivity contribution in [1.82, 2.24) is 15.1 Å². The fourth-order valence-electron chi connectivity index (χ4n) is 2.73. The van der Waals surface area contributed by atoms with Crippen molar-refractivity contribution in [2.45, 2.75) is 71.1 Å². The number of amides is 1. The first-order chi connectivity index (χ1) is 9.52. The summed E-state index contributed by atoms with van der Waals surface area (Å²) in [4.78, 5) is 12.4. The smallest absolute Gasteiger partial charge is 0.255 e. The third kappa shape index (κ3) is 3.20. The quantitative estimate of drug-likeness (QED) is 0.886. The van der Waals surface area contributed by atoms with E-state index in [9.17, 15) is 9.90 Å². The molecule has 5 nitrogen and oxygen atoms in total. The van der Waals surface area contributed by atoms with E-state index in [1.165, 1.54) is 0 Å². The summed E-state index contributed by atoms with van der Waals surface area (Å²) in [7, 11) is 0. The SMILES string of the molecule is CCn1cc(C(=O)NC2CCCCC2O)c(C(C)C)n1. The summed E-state index contributed by atoms with van der Waals surface area (Å²) < 4.78 is 1.79. The van der Waals surface area contributed by atoms with Crippen molar-refractivity contribution in [3.05, 3.63) is 17.5 Å². The van der Waals surface area contributed by atoms with Gasteiger partial charge in [0.05, 0.1) is 23.4 Å². The second kappa shape index (κ2) is 6.39. The molecule has 1 heterocycles. The molecule has 1 aliphatic rings. The average molecular weight is 279 g/mol. The molecule has 1 fully saturated rings. The molecule has 2 N–H and O–H groups in total. The molecule has 0 aliphatic heterocycles. The van der Waals surface area contributed by atoms with E-state index in [4.69, 9.17) is 0 Å². The number of aromatic nitrogens is 2. The zero-order valence-electron chi connectivity index (χ0n) is 12.6. The van der Waals surface area contributed by atoms with Gasteiger partial charge in [0.2, 0.25) is 0 Å². The summed E-state index contributed by atoms with van der Waals surface area (Å²) in [6.07, 6.45) is 5.12. The molecule has 112 valence electrons. The highest BCUT2D eigenvalue weighted by molar-refractivity contribution is 5.95. The third-order valence-corrected chi connectivity index (χ3v) is 3.95. The van der Waals surface area contributed by atoms with E-state index >= 15 is 0 Å². The lowest BCUT2D eigenvalue weighted by Crippen LogP contribution is -2.45. The van der Waals surface area contributed by atoms with Crippen LogP contribution in [0.15, 0.2) is 6.20 Å². The van der Waals surface area contributed by atoms with Gasteiger partial charge in [-0.05, 0) is 25.7 Å². The van der Waals surface area contributed by atoms with Gasteiger partial charge in [-0.2, -0.15) is 5.10 Å². The lowest BCUT2D eigenvalue weighted by Gasteiger charge is -2.28. The summed E-state index contributed by atoms with van der Waals surface area (Å²) in [5.74, 6) is 0.0965. The van der Waals surface area contributed by atoms with Gasteiger partial charge in [0.25, 0.3) is 5.91 Å². The van der Waals surface area contributed by atoms with E-state index in [2.05, 4.69) is 10.4 Å². The van der Waals surface area contributed by atoms with Crippen LogP contribution >= 0.6 is 0 Å². The lowest BCUT2D eigenvalue weighted by atomic mass is 9.92. The minimum Gasteiger partial charge on any atom is -0.391 e. The fraction of sp³-hybridized carbons (Fsp3) is 0.733. The zero-order valence-corrected chi connectivity index (χ0v) is 12.6. The molecule has 0 aromatic carbocycles. The topological polar surface area (TPSA) is 67.2 Å². The Hall–Kier alpha value is -1.36. The highest BCUT2D eigenvalue weighted by Crippen LogP contribution is 2.21. The van der Waals surface area contributed by atoms with Crippen molar-refractivity contribution in [3.8, 4) is 0 Å². The summed E-state index contributed by atoms with van der Waals surface area (Å²) in [6, 6.07) is -0.124. The van der Waals surface area contributed by atoms with Gasteiger partial charge in [0.1, 0.15) is 0 Å². The molecular weight excluding hydrogens is 254 g/mol. The first kappa shape index (κ1) is 15.0. The number of rotatable bonds is 4. The van der Waals surface area contributed by atoms with Crippen LogP contribution in [0.5, 0.6) is 0 Å².